The number of likely N-dealkylation sites (N-methyl/N-ethyl adjacent to an activating group) is 1. The lowest BCUT2D eigenvalue weighted by atomic mass is 10.2. The van der Waals surface area contributed by atoms with E-state index < -0.39 is 0 Å². The van der Waals surface area contributed by atoms with Crippen LogP contribution in [0.4, 0.5) is 0 Å². The molecule has 0 bridgehead atoms. The zero-order chi connectivity index (χ0) is 9.97. The summed E-state index contributed by atoms with van der Waals surface area (Å²) in [5.74, 6) is 0. The van der Waals surface area contributed by atoms with Gasteiger partial charge in [-0.3, -0.25) is 4.90 Å². The molecule has 1 saturated heterocycles. The molecular formula is C10H17N3S. The Bertz CT molecular complexity index is 273. The van der Waals surface area contributed by atoms with Crippen LogP contribution in [0.15, 0.2) is 10.9 Å². The quantitative estimate of drug-likeness (QED) is 0.821. The molecule has 4 heteroatoms. The van der Waals surface area contributed by atoms with Gasteiger partial charge in [-0.05, 0) is 20.4 Å². The van der Waals surface area contributed by atoms with Crippen LogP contribution in [0.2, 0.25) is 0 Å². The Hall–Kier alpha value is -0.450. The second kappa shape index (κ2) is 4.38. The average Bonchev–Trinajstić information content (AvgIpc) is 2.88. The fourth-order valence-corrected chi connectivity index (χ4v) is 2.63. The summed E-state index contributed by atoms with van der Waals surface area (Å²) < 4.78 is 0. The minimum Gasteiger partial charge on any atom is -0.316 e. The van der Waals surface area contributed by atoms with E-state index in [0.29, 0.717) is 12.1 Å². The lowest BCUT2D eigenvalue weighted by Crippen LogP contribution is -2.31. The van der Waals surface area contributed by atoms with Gasteiger partial charge >= 0.3 is 0 Å². The van der Waals surface area contributed by atoms with Crippen molar-refractivity contribution in [1.29, 1.82) is 0 Å². The molecule has 78 valence electrons. The summed E-state index contributed by atoms with van der Waals surface area (Å²) in [5, 5.41) is 5.48. The molecule has 1 aliphatic heterocycles. The topological polar surface area (TPSA) is 28.2 Å². The molecule has 1 N–H and O–H groups in total. The number of aromatic nitrogens is 1. The van der Waals surface area contributed by atoms with Gasteiger partial charge in [0.15, 0.2) is 0 Å². The van der Waals surface area contributed by atoms with E-state index in [1.165, 1.54) is 18.7 Å². The average molecular weight is 211 g/mol. The normalized spacial score (nSPS) is 25.4. The van der Waals surface area contributed by atoms with Crippen LogP contribution in [0.1, 0.15) is 25.1 Å². The molecule has 0 saturated carbocycles. The number of hydrogen-bond donors (Lipinski definition) is 1. The van der Waals surface area contributed by atoms with Gasteiger partial charge in [-0.1, -0.05) is 0 Å². The maximum Gasteiger partial charge on any atom is 0.0795 e. The summed E-state index contributed by atoms with van der Waals surface area (Å²) in [4.78, 5) is 6.86. The standard InChI is InChI=1S/C10H17N3S/c1-8(10-6-14-7-12-10)13-4-3-9(5-13)11-2/h6-9,11H,3-5H2,1-2H3. The summed E-state index contributed by atoms with van der Waals surface area (Å²) in [6.45, 7) is 4.58. The molecule has 1 aromatic heterocycles. The number of nitrogens with one attached hydrogen (secondary N) is 1. The second-order valence-electron chi connectivity index (χ2n) is 3.86. The third-order valence-electron chi connectivity index (χ3n) is 3.06. The van der Waals surface area contributed by atoms with Gasteiger partial charge in [-0.25, -0.2) is 4.98 Å². The molecule has 1 fully saturated rings. The van der Waals surface area contributed by atoms with Crippen LogP contribution in [0, 0.1) is 0 Å². The zero-order valence-corrected chi connectivity index (χ0v) is 9.55. The van der Waals surface area contributed by atoms with Crippen LogP contribution in [-0.4, -0.2) is 36.1 Å². The first kappa shape index (κ1) is 10.1. The Morgan fingerprint density at radius 2 is 2.57 bits per heavy atom. The molecule has 0 spiro atoms. The summed E-state index contributed by atoms with van der Waals surface area (Å²) >= 11 is 1.68. The van der Waals surface area contributed by atoms with Crippen molar-refractivity contribution >= 4 is 11.3 Å². The molecule has 2 unspecified atom stereocenters. The summed E-state index contributed by atoms with van der Waals surface area (Å²) in [7, 11) is 2.04. The van der Waals surface area contributed by atoms with Crippen LogP contribution in [0.25, 0.3) is 0 Å². The van der Waals surface area contributed by atoms with Crippen LogP contribution in [0.3, 0.4) is 0 Å². The highest BCUT2D eigenvalue weighted by atomic mass is 32.1. The van der Waals surface area contributed by atoms with Crippen LogP contribution in [-0.2, 0) is 0 Å². The van der Waals surface area contributed by atoms with Gasteiger partial charge in [-0.15, -0.1) is 11.3 Å². The van der Waals surface area contributed by atoms with E-state index in [9.17, 15) is 0 Å². The van der Waals surface area contributed by atoms with Crippen molar-refractivity contribution in [2.75, 3.05) is 20.1 Å². The van der Waals surface area contributed by atoms with E-state index in [4.69, 9.17) is 0 Å². The van der Waals surface area contributed by atoms with Crippen molar-refractivity contribution < 1.29 is 0 Å². The van der Waals surface area contributed by atoms with Gasteiger partial charge in [-0.2, -0.15) is 0 Å². The molecule has 0 aliphatic carbocycles. The fourth-order valence-electron chi connectivity index (χ4n) is 1.99. The Labute approximate surface area is 89.1 Å². The lowest BCUT2D eigenvalue weighted by molar-refractivity contribution is 0.253. The molecule has 0 amide bonds. The highest BCUT2D eigenvalue weighted by molar-refractivity contribution is 7.07. The number of rotatable bonds is 3. The monoisotopic (exact) mass is 211 g/mol. The third kappa shape index (κ3) is 1.97. The molecule has 1 aromatic rings. The predicted molar refractivity (Wildman–Crippen MR) is 59.6 cm³/mol. The van der Waals surface area contributed by atoms with E-state index >= 15 is 0 Å². The Morgan fingerprint density at radius 1 is 1.71 bits per heavy atom. The maximum absolute atomic E-state index is 4.37. The number of thiazole rings is 1. The molecular weight excluding hydrogens is 194 g/mol. The Balaban J connectivity index is 1.97. The lowest BCUT2D eigenvalue weighted by Gasteiger charge is -2.22. The SMILES string of the molecule is CNC1CCN(C(C)c2cscn2)C1. The molecule has 3 nitrogen and oxygen atoms in total. The van der Waals surface area contributed by atoms with E-state index in [1.807, 2.05) is 12.6 Å². The largest absolute Gasteiger partial charge is 0.316 e. The van der Waals surface area contributed by atoms with Crippen molar-refractivity contribution in [2.24, 2.45) is 0 Å². The highest BCUT2D eigenvalue weighted by Gasteiger charge is 2.26. The third-order valence-corrected chi connectivity index (χ3v) is 3.66. The fraction of sp³-hybridized carbons (Fsp3) is 0.700. The maximum atomic E-state index is 4.37. The summed E-state index contributed by atoms with van der Waals surface area (Å²) in [6.07, 6.45) is 1.25. The number of hydrogen-bond acceptors (Lipinski definition) is 4. The van der Waals surface area contributed by atoms with Gasteiger partial charge in [0.1, 0.15) is 0 Å². The summed E-state index contributed by atoms with van der Waals surface area (Å²) in [6, 6.07) is 1.13. The molecule has 1 aliphatic rings. The number of likely N-dealkylation sites (tertiary alicyclic amines) is 1. The minimum atomic E-state index is 0.472. The first-order chi connectivity index (χ1) is 6.81. The van der Waals surface area contributed by atoms with Crippen molar-refractivity contribution in [3.8, 4) is 0 Å². The summed E-state index contributed by atoms with van der Waals surface area (Å²) in [5.41, 5.74) is 3.13. The van der Waals surface area contributed by atoms with E-state index in [1.54, 1.807) is 11.3 Å². The van der Waals surface area contributed by atoms with Gasteiger partial charge in [0.05, 0.1) is 17.2 Å². The van der Waals surface area contributed by atoms with Crippen molar-refractivity contribution in [3.63, 3.8) is 0 Å². The molecule has 0 radical (unpaired) electrons. The van der Waals surface area contributed by atoms with E-state index in [2.05, 4.69) is 27.5 Å². The van der Waals surface area contributed by atoms with Crippen molar-refractivity contribution in [1.82, 2.24) is 15.2 Å². The smallest absolute Gasteiger partial charge is 0.0795 e. The Morgan fingerprint density at radius 3 is 3.14 bits per heavy atom. The van der Waals surface area contributed by atoms with Crippen molar-refractivity contribution in [2.45, 2.75) is 25.4 Å². The van der Waals surface area contributed by atoms with Crippen molar-refractivity contribution in [3.05, 3.63) is 16.6 Å². The van der Waals surface area contributed by atoms with Crippen LogP contribution < -0.4 is 5.32 Å². The molecule has 2 heterocycles. The highest BCUT2D eigenvalue weighted by Crippen LogP contribution is 2.24. The Kier molecular flexibility index (Phi) is 3.15. The molecule has 2 rings (SSSR count). The number of nitrogens with zero attached hydrogens (tertiary/aromatic N) is 2. The van der Waals surface area contributed by atoms with Gasteiger partial charge in [0.25, 0.3) is 0 Å². The van der Waals surface area contributed by atoms with Gasteiger partial charge in [0.2, 0.25) is 0 Å². The molecule has 2 atom stereocenters. The molecule has 14 heavy (non-hydrogen) atoms. The first-order valence-electron chi connectivity index (χ1n) is 5.10. The van der Waals surface area contributed by atoms with E-state index in [-0.39, 0.29) is 0 Å². The van der Waals surface area contributed by atoms with Crippen LogP contribution >= 0.6 is 11.3 Å². The van der Waals surface area contributed by atoms with Gasteiger partial charge in [0, 0.05) is 24.5 Å². The minimum absolute atomic E-state index is 0.472. The second-order valence-corrected chi connectivity index (χ2v) is 4.58. The van der Waals surface area contributed by atoms with Gasteiger partial charge < -0.3 is 5.32 Å². The first-order valence-corrected chi connectivity index (χ1v) is 6.05. The van der Waals surface area contributed by atoms with Crippen LogP contribution in [0.5, 0.6) is 0 Å². The zero-order valence-electron chi connectivity index (χ0n) is 8.73. The van der Waals surface area contributed by atoms with E-state index in [0.717, 1.165) is 6.54 Å². The predicted octanol–water partition coefficient (Wildman–Crippen LogP) is 1.50. The molecule has 0 aromatic carbocycles.